The molecular formula is C15H22F2N2O. The second-order valence-electron chi connectivity index (χ2n) is 5.54. The fourth-order valence-electron chi connectivity index (χ4n) is 2.69. The third-order valence-electron chi connectivity index (χ3n) is 3.90. The molecule has 1 heterocycles. The Morgan fingerprint density at radius 1 is 1.10 bits per heavy atom. The minimum absolute atomic E-state index is 0.0683. The normalized spacial score (nSPS) is 20.9. The molecule has 1 aliphatic rings. The van der Waals surface area contributed by atoms with Gasteiger partial charge in [-0.05, 0) is 31.5 Å². The lowest BCUT2D eigenvalue weighted by Crippen LogP contribution is -2.48. The quantitative estimate of drug-likeness (QED) is 0.916. The van der Waals surface area contributed by atoms with Gasteiger partial charge >= 0.3 is 0 Å². The van der Waals surface area contributed by atoms with Gasteiger partial charge in [0, 0.05) is 38.8 Å². The van der Waals surface area contributed by atoms with Crippen LogP contribution in [0.4, 0.5) is 8.78 Å². The first-order chi connectivity index (χ1) is 9.47. The van der Waals surface area contributed by atoms with E-state index in [4.69, 9.17) is 0 Å². The fraction of sp³-hybridized carbons (Fsp3) is 0.600. The lowest BCUT2D eigenvalue weighted by molar-refractivity contribution is 0.0654. The van der Waals surface area contributed by atoms with E-state index >= 15 is 0 Å². The van der Waals surface area contributed by atoms with Crippen molar-refractivity contribution in [2.45, 2.75) is 26.0 Å². The molecule has 0 unspecified atom stereocenters. The molecule has 1 N–H and O–H groups in total. The third kappa shape index (κ3) is 3.75. The van der Waals surface area contributed by atoms with Crippen molar-refractivity contribution in [2.75, 3.05) is 32.7 Å². The number of nitrogens with zero attached hydrogens (tertiary/aromatic N) is 2. The van der Waals surface area contributed by atoms with E-state index in [-0.39, 0.29) is 12.1 Å². The molecule has 1 aromatic rings. The third-order valence-corrected chi connectivity index (χ3v) is 3.90. The topological polar surface area (TPSA) is 26.7 Å². The van der Waals surface area contributed by atoms with Crippen LogP contribution in [0.2, 0.25) is 0 Å². The van der Waals surface area contributed by atoms with Crippen LogP contribution in [-0.4, -0.2) is 53.7 Å². The van der Waals surface area contributed by atoms with E-state index in [9.17, 15) is 13.9 Å². The molecule has 0 spiro atoms. The maximum atomic E-state index is 13.3. The number of aliphatic hydroxyl groups is 1. The largest absolute Gasteiger partial charge is 0.392 e. The van der Waals surface area contributed by atoms with E-state index in [1.54, 1.807) is 13.0 Å². The second kappa shape index (κ2) is 6.61. The SMILES string of the molecule is C[C@H](c1ccc(F)c(F)c1)N1CCN(C[C@@H](C)O)CC1. The van der Waals surface area contributed by atoms with Crippen molar-refractivity contribution in [1.82, 2.24) is 9.80 Å². The van der Waals surface area contributed by atoms with Crippen LogP contribution in [0.1, 0.15) is 25.5 Å². The summed E-state index contributed by atoms with van der Waals surface area (Å²) in [5, 5.41) is 9.38. The number of aliphatic hydroxyl groups excluding tert-OH is 1. The molecular weight excluding hydrogens is 262 g/mol. The zero-order chi connectivity index (χ0) is 14.7. The zero-order valence-corrected chi connectivity index (χ0v) is 12.0. The van der Waals surface area contributed by atoms with Gasteiger partial charge < -0.3 is 5.11 Å². The van der Waals surface area contributed by atoms with E-state index in [1.165, 1.54) is 12.1 Å². The Kier molecular flexibility index (Phi) is 5.07. The van der Waals surface area contributed by atoms with Crippen molar-refractivity contribution in [3.63, 3.8) is 0 Å². The summed E-state index contributed by atoms with van der Waals surface area (Å²) in [4.78, 5) is 4.48. The van der Waals surface area contributed by atoms with Gasteiger partial charge in [0.2, 0.25) is 0 Å². The Bertz CT molecular complexity index is 445. The van der Waals surface area contributed by atoms with Gasteiger partial charge in [0.05, 0.1) is 6.10 Å². The number of hydrogen-bond donors (Lipinski definition) is 1. The van der Waals surface area contributed by atoms with Crippen molar-refractivity contribution in [3.05, 3.63) is 35.4 Å². The van der Waals surface area contributed by atoms with Gasteiger partial charge in [0.25, 0.3) is 0 Å². The Morgan fingerprint density at radius 2 is 1.75 bits per heavy atom. The molecule has 0 aliphatic carbocycles. The number of piperazine rings is 1. The summed E-state index contributed by atoms with van der Waals surface area (Å²) in [6.45, 7) is 8.00. The maximum Gasteiger partial charge on any atom is 0.159 e. The maximum absolute atomic E-state index is 13.3. The number of β-amino-alcohol motifs (C(OH)–C–C–N with tert-alkyl or cyclic N) is 1. The molecule has 0 saturated carbocycles. The first kappa shape index (κ1) is 15.4. The molecule has 0 radical (unpaired) electrons. The molecule has 3 nitrogen and oxygen atoms in total. The number of benzene rings is 1. The van der Waals surface area contributed by atoms with Crippen LogP contribution in [0.15, 0.2) is 18.2 Å². The molecule has 1 saturated heterocycles. The van der Waals surface area contributed by atoms with Gasteiger partial charge in [-0.15, -0.1) is 0 Å². The zero-order valence-electron chi connectivity index (χ0n) is 12.0. The highest BCUT2D eigenvalue weighted by Crippen LogP contribution is 2.23. The Morgan fingerprint density at radius 3 is 2.30 bits per heavy atom. The van der Waals surface area contributed by atoms with Gasteiger partial charge in [-0.1, -0.05) is 6.07 Å². The second-order valence-corrected chi connectivity index (χ2v) is 5.54. The Balaban J connectivity index is 1.94. The van der Waals surface area contributed by atoms with Crippen LogP contribution in [0.25, 0.3) is 0 Å². The van der Waals surface area contributed by atoms with Gasteiger partial charge in [0.15, 0.2) is 11.6 Å². The molecule has 2 rings (SSSR count). The highest BCUT2D eigenvalue weighted by atomic mass is 19.2. The van der Waals surface area contributed by atoms with Crippen molar-refractivity contribution in [3.8, 4) is 0 Å². The molecule has 1 aliphatic heterocycles. The monoisotopic (exact) mass is 284 g/mol. The first-order valence-corrected chi connectivity index (χ1v) is 7.07. The van der Waals surface area contributed by atoms with Crippen LogP contribution < -0.4 is 0 Å². The van der Waals surface area contributed by atoms with Crippen molar-refractivity contribution in [1.29, 1.82) is 0 Å². The first-order valence-electron chi connectivity index (χ1n) is 7.07. The highest BCUT2D eigenvalue weighted by Gasteiger charge is 2.23. The van der Waals surface area contributed by atoms with Crippen molar-refractivity contribution >= 4 is 0 Å². The van der Waals surface area contributed by atoms with Crippen LogP contribution >= 0.6 is 0 Å². The molecule has 2 atom stereocenters. The molecule has 1 aromatic carbocycles. The smallest absolute Gasteiger partial charge is 0.159 e. The number of rotatable bonds is 4. The predicted octanol–water partition coefficient (Wildman–Crippen LogP) is 2.02. The van der Waals surface area contributed by atoms with Crippen LogP contribution in [-0.2, 0) is 0 Å². The molecule has 20 heavy (non-hydrogen) atoms. The molecule has 1 fully saturated rings. The molecule has 0 bridgehead atoms. The molecule has 0 amide bonds. The van der Waals surface area contributed by atoms with Gasteiger partial charge in [-0.3, -0.25) is 9.80 Å². The molecule has 0 aromatic heterocycles. The lowest BCUT2D eigenvalue weighted by Gasteiger charge is -2.38. The summed E-state index contributed by atoms with van der Waals surface area (Å²) in [5.74, 6) is -1.59. The summed E-state index contributed by atoms with van der Waals surface area (Å²) in [7, 11) is 0. The Labute approximate surface area is 118 Å². The number of hydrogen-bond acceptors (Lipinski definition) is 3. The predicted molar refractivity (Wildman–Crippen MR) is 74.5 cm³/mol. The summed E-state index contributed by atoms with van der Waals surface area (Å²) in [5.41, 5.74) is 0.799. The average Bonchev–Trinajstić information content (AvgIpc) is 2.41. The summed E-state index contributed by atoms with van der Waals surface area (Å²) in [6.07, 6.45) is -0.315. The van der Waals surface area contributed by atoms with Crippen LogP contribution in [0.3, 0.4) is 0 Å². The van der Waals surface area contributed by atoms with E-state index < -0.39 is 11.6 Å². The summed E-state index contributed by atoms with van der Waals surface area (Å²) >= 11 is 0. The van der Waals surface area contributed by atoms with Gasteiger partial charge in [-0.2, -0.15) is 0 Å². The van der Waals surface area contributed by atoms with E-state index in [2.05, 4.69) is 9.80 Å². The van der Waals surface area contributed by atoms with E-state index in [0.29, 0.717) is 6.54 Å². The van der Waals surface area contributed by atoms with E-state index in [1.807, 2.05) is 6.92 Å². The average molecular weight is 284 g/mol. The summed E-state index contributed by atoms with van der Waals surface area (Å²) < 4.78 is 26.2. The summed E-state index contributed by atoms with van der Waals surface area (Å²) in [6, 6.07) is 4.18. The van der Waals surface area contributed by atoms with E-state index in [0.717, 1.165) is 31.7 Å². The molecule has 112 valence electrons. The minimum Gasteiger partial charge on any atom is -0.392 e. The van der Waals surface area contributed by atoms with Gasteiger partial charge in [-0.25, -0.2) is 8.78 Å². The minimum atomic E-state index is -0.803. The molecule has 5 heteroatoms. The van der Waals surface area contributed by atoms with Crippen molar-refractivity contribution in [2.24, 2.45) is 0 Å². The van der Waals surface area contributed by atoms with Crippen LogP contribution in [0.5, 0.6) is 0 Å². The number of halogens is 2. The fourth-order valence-corrected chi connectivity index (χ4v) is 2.69. The van der Waals surface area contributed by atoms with Crippen LogP contribution in [0, 0.1) is 11.6 Å². The highest BCUT2D eigenvalue weighted by molar-refractivity contribution is 5.21. The van der Waals surface area contributed by atoms with Gasteiger partial charge in [0.1, 0.15) is 0 Å². The van der Waals surface area contributed by atoms with Crippen molar-refractivity contribution < 1.29 is 13.9 Å². The lowest BCUT2D eigenvalue weighted by atomic mass is 10.1. The Hall–Kier alpha value is -1.04. The standard InChI is InChI=1S/C15H22F2N2O/c1-11(20)10-18-5-7-19(8-6-18)12(2)13-3-4-14(16)15(17)9-13/h3-4,9,11-12,20H,5-8,10H2,1-2H3/t11-,12-/m1/s1.